The van der Waals surface area contributed by atoms with Gasteiger partial charge in [0.15, 0.2) is 0 Å². The van der Waals surface area contributed by atoms with E-state index in [0.717, 1.165) is 24.8 Å². The van der Waals surface area contributed by atoms with Gasteiger partial charge in [0.25, 0.3) is 0 Å². The number of rotatable bonds is 5. The Morgan fingerprint density at radius 2 is 2.11 bits per heavy atom. The summed E-state index contributed by atoms with van der Waals surface area (Å²) in [5.41, 5.74) is 0.781. The van der Waals surface area contributed by atoms with E-state index in [1.807, 2.05) is 12.1 Å². The predicted octanol–water partition coefficient (Wildman–Crippen LogP) is 3.19. The lowest BCUT2D eigenvalue weighted by molar-refractivity contribution is -0.141. The Morgan fingerprint density at radius 3 is 2.85 bits per heavy atom. The van der Waals surface area contributed by atoms with E-state index >= 15 is 0 Å². The summed E-state index contributed by atoms with van der Waals surface area (Å²) in [7, 11) is 0. The largest absolute Gasteiger partial charge is 0.465 e. The number of halogens is 1. The average molecular weight is 393 g/mol. The summed E-state index contributed by atoms with van der Waals surface area (Å²) >= 11 is 5.90. The third-order valence-corrected chi connectivity index (χ3v) is 4.53. The number of likely N-dealkylation sites (tertiary alicyclic amines) is 1. The highest BCUT2D eigenvalue weighted by Crippen LogP contribution is 2.31. The van der Waals surface area contributed by atoms with Gasteiger partial charge in [-0.15, -0.1) is 0 Å². The van der Waals surface area contributed by atoms with Crippen LogP contribution in [-0.2, 0) is 9.53 Å². The zero-order chi connectivity index (χ0) is 19.2. The van der Waals surface area contributed by atoms with Crippen molar-refractivity contribution in [2.45, 2.75) is 32.2 Å². The third kappa shape index (κ3) is 4.77. The van der Waals surface area contributed by atoms with E-state index in [2.05, 4.69) is 15.5 Å². The summed E-state index contributed by atoms with van der Waals surface area (Å²) in [4.78, 5) is 30.1. The molecule has 144 valence electrons. The fourth-order valence-electron chi connectivity index (χ4n) is 2.98. The van der Waals surface area contributed by atoms with Crippen molar-refractivity contribution >= 4 is 23.6 Å². The first-order valence-electron chi connectivity index (χ1n) is 8.88. The summed E-state index contributed by atoms with van der Waals surface area (Å²) in [6.45, 7) is 2.37. The number of esters is 1. The molecule has 1 aromatic carbocycles. The quantitative estimate of drug-likeness (QED) is 0.785. The lowest BCUT2D eigenvalue weighted by atomic mass is 10.0. The van der Waals surface area contributed by atoms with Crippen molar-refractivity contribution in [3.05, 3.63) is 35.2 Å². The maximum atomic E-state index is 12.5. The van der Waals surface area contributed by atoms with Gasteiger partial charge in [0.1, 0.15) is 12.6 Å². The molecule has 0 aliphatic carbocycles. The summed E-state index contributed by atoms with van der Waals surface area (Å²) in [6, 6.07) is 6.45. The molecule has 1 aromatic heterocycles. The van der Waals surface area contributed by atoms with Crippen LogP contribution < -0.4 is 5.32 Å². The van der Waals surface area contributed by atoms with Crippen molar-refractivity contribution in [3.8, 4) is 11.4 Å². The van der Waals surface area contributed by atoms with Crippen LogP contribution in [0.4, 0.5) is 4.79 Å². The van der Waals surface area contributed by atoms with Crippen molar-refractivity contribution in [2.75, 3.05) is 19.7 Å². The predicted molar refractivity (Wildman–Crippen MR) is 98.1 cm³/mol. The van der Waals surface area contributed by atoms with Gasteiger partial charge in [0, 0.05) is 17.1 Å². The smallest absolute Gasteiger partial charge is 0.325 e. The van der Waals surface area contributed by atoms with Crippen LogP contribution in [0.3, 0.4) is 0 Å². The van der Waals surface area contributed by atoms with Crippen molar-refractivity contribution in [1.82, 2.24) is 20.4 Å². The SMILES string of the molecule is CCOC(=O)CNC(=O)N1CCCCC1c1nc(-c2ccc(Cl)cc2)no1. The molecule has 1 aliphatic heterocycles. The molecular weight excluding hydrogens is 372 g/mol. The molecule has 8 nitrogen and oxygen atoms in total. The Morgan fingerprint density at radius 1 is 1.33 bits per heavy atom. The first-order valence-corrected chi connectivity index (χ1v) is 9.26. The van der Waals surface area contributed by atoms with Gasteiger partial charge in [-0.3, -0.25) is 4.79 Å². The molecule has 1 saturated heterocycles. The van der Waals surface area contributed by atoms with Crippen LogP contribution >= 0.6 is 11.6 Å². The van der Waals surface area contributed by atoms with Gasteiger partial charge in [-0.1, -0.05) is 16.8 Å². The van der Waals surface area contributed by atoms with Gasteiger partial charge in [-0.25, -0.2) is 4.79 Å². The van der Waals surface area contributed by atoms with Gasteiger partial charge in [0.2, 0.25) is 11.7 Å². The lowest BCUT2D eigenvalue weighted by Crippen LogP contribution is -2.46. The van der Waals surface area contributed by atoms with Gasteiger partial charge < -0.3 is 19.5 Å². The second-order valence-electron chi connectivity index (χ2n) is 6.13. The number of nitrogens with zero attached hydrogens (tertiary/aromatic N) is 3. The number of nitrogens with one attached hydrogen (secondary N) is 1. The first kappa shape index (κ1) is 19.2. The van der Waals surface area contributed by atoms with E-state index in [4.69, 9.17) is 20.9 Å². The molecule has 1 aliphatic rings. The molecule has 1 fully saturated rings. The molecule has 0 saturated carbocycles. The average Bonchev–Trinajstić information content (AvgIpc) is 3.17. The highest BCUT2D eigenvalue weighted by Gasteiger charge is 2.32. The van der Waals surface area contributed by atoms with Crippen LogP contribution in [-0.4, -0.2) is 46.7 Å². The van der Waals surface area contributed by atoms with Gasteiger partial charge >= 0.3 is 12.0 Å². The summed E-state index contributed by atoms with van der Waals surface area (Å²) in [6.07, 6.45) is 2.54. The van der Waals surface area contributed by atoms with Crippen LogP contribution in [0.2, 0.25) is 5.02 Å². The number of amides is 2. The van der Waals surface area contributed by atoms with Crippen molar-refractivity contribution in [3.63, 3.8) is 0 Å². The number of ether oxygens (including phenoxy) is 1. The van der Waals surface area contributed by atoms with Crippen LogP contribution in [0.1, 0.15) is 38.1 Å². The summed E-state index contributed by atoms with van der Waals surface area (Å²) < 4.78 is 10.3. The number of urea groups is 1. The van der Waals surface area contributed by atoms with E-state index < -0.39 is 5.97 Å². The molecule has 2 heterocycles. The topological polar surface area (TPSA) is 97.6 Å². The minimum Gasteiger partial charge on any atom is -0.465 e. The molecule has 3 rings (SSSR count). The summed E-state index contributed by atoms with van der Waals surface area (Å²) in [5.74, 6) is 0.354. The molecule has 1 unspecified atom stereocenters. The third-order valence-electron chi connectivity index (χ3n) is 4.28. The standard InChI is InChI=1S/C18H21ClN4O4/c1-2-26-15(24)11-20-18(25)23-10-4-3-5-14(23)17-21-16(22-27-17)12-6-8-13(19)9-7-12/h6-9,14H,2-5,10-11H2,1H3,(H,20,25). The van der Waals surface area contributed by atoms with Gasteiger partial charge in [-0.05, 0) is 50.5 Å². The minimum atomic E-state index is -0.470. The Bertz CT molecular complexity index is 793. The maximum absolute atomic E-state index is 12.5. The molecule has 9 heteroatoms. The molecule has 2 aromatic rings. The Kier molecular flexibility index (Phi) is 6.28. The fourth-order valence-corrected chi connectivity index (χ4v) is 3.11. The van der Waals surface area contributed by atoms with Crippen LogP contribution in [0.5, 0.6) is 0 Å². The van der Waals surface area contributed by atoms with E-state index in [-0.39, 0.29) is 25.2 Å². The molecule has 0 bridgehead atoms. The molecule has 0 radical (unpaired) electrons. The van der Waals surface area contributed by atoms with Crippen LogP contribution in [0, 0.1) is 0 Å². The summed E-state index contributed by atoms with van der Waals surface area (Å²) in [5, 5.41) is 7.24. The van der Waals surface area contributed by atoms with E-state index in [1.54, 1.807) is 24.0 Å². The zero-order valence-corrected chi connectivity index (χ0v) is 15.7. The highest BCUT2D eigenvalue weighted by molar-refractivity contribution is 6.30. The number of carbonyl (C=O) groups is 2. The first-order chi connectivity index (χ1) is 13.1. The van der Waals surface area contributed by atoms with Crippen molar-refractivity contribution < 1.29 is 18.8 Å². The monoisotopic (exact) mass is 392 g/mol. The lowest BCUT2D eigenvalue weighted by Gasteiger charge is -2.33. The highest BCUT2D eigenvalue weighted by atomic mass is 35.5. The van der Waals surface area contributed by atoms with Gasteiger partial charge in [-0.2, -0.15) is 4.98 Å². The second-order valence-corrected chi connectivity index (χ2v) is 6.57. The number of carbonyl (C=O) groups excluding carboxylic acids is 2. The Labute approximate surface area is 161 Å². The number of hydrogen-bond acceptors (Lipinski definition) is 6. The van der Waals surface area contributed by atoms with E-state index in [9.17, 15) is 9.59 Å². The van der Waals surface area contributed by atoms with Crippen LogP contribution in [0.15, 0.2) is 28.8 Å². The molecule has 2 amide bonds. The van der Waals surface area contributed by atoms with Crippen LogP contribution in [0.25, 0.3) is 11.4 Å². The molecule has 27 heavy (non-hydrogen) atoms. The van der Waals surface area contributed by atoms with Crippen molar-refractivity contribution in [2.24, 2.45) is 0 Å². The molecule has 0 spiro atoms. The molecule has 1 atom stereocenters. The zero-order valence-electron chi connectivity index (χ0n) is 15.0. The van der Waals surface area contributed by atoms with Gasteiger partial charge in [0.05, 0.1) is 6.61 Å². The molecule has 1 N–H and O–H groups in total. The van der Waals surface area contributed by atoms with E-state index in [0.29, 0.717) is 23.3 Å². The van der Waals surface area contributed by atoms with E-state index in [1.165, 1.54) is 0 Å². The maximum Gasteiger partial charge on any atom is 0.325 e. The normalized spacial score (nSPS) is 16.8. The number of benzene rings is 1. The number of hydrogen-bond donors (Lipinski definition) is 1. The second kappa shape index (κ2) is 8.85. The van der Waals surface area contributed by atoms with Crippen molar-refractivity contribution in [1.29, 1.82) is 0 Å². The number of piperidine rings is 1. The number of aromatic nitrogens is 2. The minimum absolute atomic E-state index is 0.171. The Hall–Kier alpha value is -2.61. The fraction of sp³-hybridized carbons (Fsp3) is 0.444. The Balaban J connectivity index is 1.71. The molecular formula is C18H21ClN4O4.